The van der Waals surface area contributed by atoms with Crippen molar-refractivity contribution in [2.24, 2.45) is 0 Å². The number of allylic oxidation sites excluding steroid dienone is 26. The van der Waals surface area contributed by atoms with Gasteiger partial charge in [-0.15, -0.1) is 0 Å². The fraction of sp³-hybridized carbons (Fsp3) is 0.567. The maximum atomic E-state index is 12.8. The maximum absolute atomic E-state index is 12.8. The van der Waals surface area contributed by atoms with E-state index >= 15 is 0 Å². The number of carbonyl (C=O) groups excluding carboxylic acids is 3. The molecule has 0 bridgehead atoms. The molecule has 6 nitrogen and oxygen atoms in total. The van der Waals surface area contributed by atoms with Crippen molar-refractivity contribution in [3.05, 3.63) is 158 Å². The van der Waals surface area contributed by atoms with Crippen LogP contribution in [-0.2, 0) is 28.6 Å². The first-order valence-corrected chi connectivity index (χ1v) is 29.0. The highest BCUT2D eigenvalue weighted by Crippen LogP contribution is 2.12. The smallest absolute Gasteiger partial charge is 0.306 e. The summed E-state index contributed by atoms with van der Waals surface area (Å²) in [6.45, 7) is 6.30. The van der Waals surface area contributed by atoms with Crippen molar-refractivity contribution in [2.75, 3.05) is 13.2 Å². The molecule has 0 aliphatic heterocycles. The summed E-state index contributed by atoms with van der Waals surface area (Å²) in [5.41, 5.74) is 0. The van der Waals surface area contributed by atoms with Crippen molar-refractivity contribution in [3.63, 3.8) is 0 Å². The van der Waals surface area contributed by atoms with Crippen LogP contribution in [0.5, 0.6) is 0 Å². The molecule has 0 saturated heterocycles. The molecule has 0 rings (SSSR count). The van der Waals surface area contributed by atoms with Gasteiger partial charge >= 0.3 is 17.9 Å². The van der Waals surface area contributed by atoms with E-state index in [1.165, 1.54) is 25.7 Å². The van der Waals surface area contributed by atoms with Crippen molar-refractivity contribution in [1.82, 2.24) is 0 Å². The Balaban J connectivity index is 4.31. The number of rotatable bonds is 50. The quantitative estimate of drug-likeness (QED) is 0.0261. The number of hydrogen-bond acceptors (Lipinski definition) is 6. The highest BCUT2D eigenvalue weighted by molar-refractivity contribution is 5.71. The van der Waals surface area contributed by atoms with Gasteiger partial charge in [0.25, 0.3) is 0 Å². The molecule has 6 heteroatoms. The number of unbranched alkanes of at least 4 members (excludes halogenated alkanes) is 13. The van der Waals surface area contributed by atoms with Gasteiger partial charge < -0.3 is 14.2 Å². The van der Waals surface area contributed by atoms with E-state index in [4.69, 9.17) is 14.2 Å². The van der Waals surface area contributed by atoms with Gasteiger partial charge in [-0.25, -0.2) is 0 Å². The minimum atomic E-state index is -0.809. The second-order valence-corrected chi connectivity index (χ2v) is 18.4. The number of carbonyl (C=O) groups is 3. The Morgan fingerprint density at radius 2 is 0.534 bits per heavy atom. The largest absolute Gasteiger partial charge is 0.462 e. The van der Waals surface area contributed by atoms with Gasteiger partial charge in [0.05, 0.1) is 0 Å². The van der Waals surface area contributed by atoms with Crippen LogP contribution in [0.15, 0.2) is 158 Å². The Hall–Kier alpha value is -4.97. The lowest BCUT2D eigenvalue weighted by Crippen LogP contribution is -2.30. The Bertz CT molecular complexity index is 1670. The lowest BCUT2D eigenvalue weighted by atomic mass is 10.1. The summed E-state index contributed by atoms with van der Waals surface area (Å²) in [4.78, 5) is 37.9. The molecule has 0 aromatic carbocycles. The number of ether oxygens (including phenoxy) is 3. The molecule has 0 aromatic rings. The number of esters is 3. The van der Waals surface area contributed by atoms with Crippen molar-refractivity contribution in [3.8, 4) is 0 Å². The normalized spacial score (nSPS) is 13.3. The van der Waals surface area contributed by atoms with Gasteiger partial charge in [-0.2, -0.15) is 0 Å². The SMILES string of the molecule is CC/C=C\C/C=C\C/C=C\C/C=C\C/C=C\C/C=C\C/C=C\C/C=C\C/C=C\CCCCCC(=O)OCC(COC(=O)CCCCCCCCC)OC(=O)CCCCCC/C=C\C/C=C\C/C=C\C/C=C\CC. The second-order valence-electron chi connectivity index (χ2n) is 18.4. The molecule has 0 radical (unpaired) electrons. The van der Waals surface area contributed by atoms with E-state index in [0.29, 0.717) is 12.8 Å². The molecule has 0 aromatic heterocycles. The third-order valence-electron chi connectivity index (χ3n) is 11.5. The van der Waals surface area contributed by atoms with Crippen LogP contribution in [0.25, 0.3) is 0 Å². The number of hydrogen-bond donors (Lipinski definition) is 0. The van der Waals surface area contributed by atoms with E-state index < -0.39 is 6.10 Å². The average Bonchev–Trinajstić information content (AvgIpc) is 3.39. The molecule has 1 atom stereocenters. The van der Waals surface area contributed by atoms with Crippen molar-refractivity contribution in [1.29, 1.82) is 0 Å². The van der Waals surface area contributed by atoms with Crippen LogP contribution < -0.4 is 0 Å². The highest BCUT2D eigenvalue weighted by Gasteiger charge is 2.19. The van der Waals surface area contributed by atoms with Gasteiger partial charge in [-0.05, 0) is 128 Å². The van der Waals surface area contributed by atoms with Gasteiger partial charge in [0.2, 0.25) is 0 Å². The molecule has 0 saturated carbocycles. The molecule has 0 aliphatic rings. The Labute approximate surface area is 448 Å². The molecule has 1 unspecified atom stereocenters. The predicted octanol–water partition coefficient (Wildman–Crippen LogP) is 19.8. The molecule has 0 aliphatic carbocycles. The predicted molar refractivity (Wildman–Crippen MR) is 315 cm³/mol. The topological polar surface area (TPSA) is 78.9 Å². The zero-order valence-electron chi connectivity index (χ0n) is 46.6. The highest BCUT2D eigenvalue weighted by atomic mass is 16.6. The van der Waals surface area contributed by atoms with Gasteiger partial charge in [0.15, 0.2) is 6.10 Å². The van der Waals surface area contributed by atoms with E-state index in [-0.39, 0.29) is 37.5 Å². The molecular formula is C67H104O6. The third-order valence-corrected chi connectivity index (χ3v) is 11.5. The first-order valence-electron chi connectivity index (χ1n) is 29.0. The third kappa shape index (κ3) is 57.8. The summed E-state index contributed by atoms with van der Waals surface area (Å²) in [6, 6.07) is 0. The van der Waals surface area contributed by atoms with Crippen LogP contribution in [-0.4, -0.2) is 37.2 Å². The van der Waals surface area contributed by atoms with E-state index in [1.807, 2.05) is 0 Å². The molecule has 408 valence electrons. The van der Waals surface area contributed by atoms with Gasteiger partial charge in [-0.3, -0.25) is 14.4 Å². The average molecular weight is 1010 g/mol. The Morgan fingerprint density at radius 3 is 0.849 bits per heavy atom. The lowest BCUT2D eigenvalue weighted by Gasteiger charge is -2.18. The summed E-state index contributed by atoms with van der Waals surface area (Å²) >= 11 is 0. The molecular weight excluding hydrogens is 901 g/mol. The van der Waals surface area contributed by atoms with E-state index in [2.05, 4.69) is 179 Å². The molecule has 73 heavy (non-hydrogen) atoms. The maximum Gasteiger partial charge on any atom is 0.306 e. The fourth-order valence-electron chi connectivity index (χ4n) is 7.25. The minimum Gasteiger partial charge on any atom is -0.462 e. The molecule has 0 heterocycles. The van der Waals surface area contributed by atoms with Crippen molar-refractivity contribution in [2.45, 2.75) is 232 Å². The first kappa shape index (κ1) is 68.0. The summed E-state index contributed by atoms with van der Waals surface area (Å²) in [5.74, 6) is -0.980. The zero-order valence-corrected chi connectivity index (χ0v) is 46.6. The zero-order chi connectivity index (χ0) is 52.9. The van der Waals surface area contributed by atoms with Gasteiger partial charge in [-0.1, -0.05) is 237 Å². The first-order chi connectivity index (χ1) is 36.0. The summed E-state index contributed by atoms with van der Waals surface area (Å²) in [7, 11) is 0. The second kappa shape index (κ2) is 59.6. The standard InChI is InChI=1S/C67H104O6/c1-4-7-10-13-16-18-20-22-24-26-27-28-29-30-31-32-33-34-35-36-37-38-39-41-42-44-46-48-51-54-57-60-66(69)72-63-64(62-71-65(68)59-56-53-50-15-12-9-6-3)73-67(70)61-58-55-52-49-47-45-43-40-25-23-21-19-17-14-11-8-5-2/h7-8,10-11,16-19,22-25,27-28,30-31,33-34,36-37,39,41,43-46,64H,4-6,9,12-15,20-21,26,29,32,35,38,40,42,47-63H2,1-3H3/b10-7-,11-8-,18-16-,19-17-,24-22-,25-23-,28-27-,31-30-,34-33-,37-36-,41-39-,45-43-,46-44-. The van der Waals surface area contributed by atoms with E-state index in [0.717, 1.165) is 161 Å². The molecule has 0 spiro atoms. The Kier molecular flexibility index (Phi) is 55.5. The molecule has 0 amide bonds. The lowest BCUT2D eigenvalue weighted by molar-refractivity contribution is -0.167. The van der Waals surface area contributed by atoms with E-state index in [9.17, 15) is 14.4 Å². The summed E-state index contributed by atoms with van der Waals surface area (Å²) in [5, 5.41) is 0. The van der Waals surface area contributed by atoms with Gasteiger partial charge in [0.1, 0.15) is 13.2 Å². The Morgan fingerprint density at radius 1 is 0.288 bits per heavy atom. The van der Waals surface area contributed by atoms with Crippen LogP contribution in [0.3, 0.4) is 0 Å². The van der Waals surface area contributed by atoms with Crippen molar-refractivity contribution < 1.29 is 28.6 Å². The van der Waals surface area contributed by atoms with Crippen LogP contribution in [0, 0.1) is 0 Å². The van der Waals surface area contributed by atoms with Gasteiger partial charge in [0, 0.05) is 19.3 Å². The van der Waals surface area contributed by atoms with Crippen LogP contribution in [0.1, 0.15) is 226 Å². The van der Waals surface area contributed by atoms with E-state index in [1.54, 1.807) is 0 Å². The van der Waals surface area contributed by atoms with Crippen molar-refractivity contribution >= 4 is 17.9 Å². The molecule has 0 fully saturated rings. The molecule has 0 N–H and O–H groups in total. The minimum absolute atomic E-state index is 0.105. The van der Waals surface area contributed by atoms with Crippen LogP contribution in [0.2, 0.25) is 0 Å². The van der Waals surface area contributed by atoms with Crippen LogP contribution in [0.4, 0.5) is 0 Å². The summed E-state index contributed by atoms with van der Waals surface area (Å²) in [6.07, 6.45) is 86.9. The fourth-order valence-corrected chi connectivity index (χ4v) is 7.25. The monoisotopic (exact) mass is 1000 g/mol. The summed E-state index contributed by atoms with van der Waals surface area (Å²) < 4.78 is 16.7. The van der Waals surface area contributed by atoms with Crippen LogP contribution >= 0.6 is 0 Å².